The molecule has 1 aliphatic carbocycles. The third-order valence-electron chi connectivity index (χ3n) is 6.28. The summed E-state index contributed by atoms with van der Waals surface area (Å²) in [5.74, 6) is 0.398. The number of carbonyl (C=O) groups is 3. The fourth-order valence-corrected chi connectivity index (χ4v) is 6.40. The summed E-state index contributed by atoms with van der Waals surface area (Å²) in [4.78, 5) is 38.0. The van der Waals surface area contributed by atoms with E-state index in [4.69, 9.17) is 9.47 Å². The summed E-state index contributed by atoms with van der Waals surface area (Å²) < 4.78 is 12.3. The van der Waals surface area contributed by atoms with Crippen molar-refractivity contribution in [1.29, 1.82) is 0 Å². The number of amides is 1. The van der Waals surface area contributed by atoms with Crippen molar-refractivity contribution in [1.82, 2.24) is 14.8 Å². The molecular formula is C25H36N4O5S2. The Labute approximate surface area is 220 Å². The van der Waals surface area contributed by atoms with Crippen LogP contribution in [0.4, 0.5) is 5.00 Å². The summed E-state index contributed by atoms with van der Waals surface area (Å²) in [7, 11) is 0. The molecule has 0 aromatic carbocycles. The number of nitrogens with one attached hydrogen (secondary N) is 1. The van der Waals surface area contributed by atoms with Gasteiger partial charge >= 0.3 is 11.9 Å². The van der Waals surface area contributed by atoms with Gasteiger partial charge in [-0.2, -0.15) is 0 Å². The van der Waals surface area contributed by atoms with Gasteiger partial charge in [0.25, 0.3) is 0 Å². The number of anilines is 1. The summed E-state index contributed by atoms with van der Waals surface area (Å²) in [5.41, 5.74) is 0.623. The zero-order chi connectivity index (χ0) is 26.1. The van der Waals surface area contributed by atoms with Crippen LogP contribution in [0.5, 0.6) is 0 Å². The van der Waals surface area contributed by atoms with Crippen molar-refractivity contribution in [2.45, 2.75) is 84.3 Å². The minimum absolute atomic E-state index is 0.0920. The predicted octanol–water partition coefficient (Wildman–Crippen LogP) is 5.27. The van der Waals surface area contributed by atoms with E-state index >= 15 is 0 Å². The highest BCUT2D eigenvalue weighted by molar-refractivity contribution is 7.99. The molecule has 36 heavy (non-hydrogen) atoms. The molecule has 0 bridgehead atoms. The van der Waals surface area contributed by atoms with E-state index < -0.39 is 11.9 Å². The highest BCUT2D eigenvalue weighted by atomic mass is 32.2. The Morgan fingerprint density at radius 1 is 1.06 bits per heavy atom. The second-order valence-corrected chi connectivity index (χ2v) is 10.7. The molecule has 2 aromatic rings. The Kier molecular flexibility index (Phi) is 10.8. The number of hydrogen-bond donors (Lipinski definition) is 1. The maximum absolute atomic E-state index is 12.8. The standard InChI is InChI=1S/C25H36N4O5S2/c1-5-29-18(14-13-17-11-9-8-10-12-17)27-28-25(29)35-15-19(30)26-22-20(23(31)33-6-2)16(4)21(36-22)24(32)34-7-3/h17H,5-15H2,1-4H3,(H,26,30). The lowest BCUT2D eigenvalue weighted by molar-refractivity contribution is -0.113. The van der Waals surface area contributed by atoms with E-state index in [0.717, 1.165) is 42.5 Å². The van der Waals surface area contributed by atoms with E-state index in [9.17, 15) is 14.4 Å². The number of aryl methyl sites for hydroxylation is 1. The molecule has 1 fully saturated rings. The van der Waals surface area contributed by atoms with Gasteiger partial charge in [0.2, 0.25) is 5.91 Å². The van der Waals surface area contributed by atoms with Gasteiger partial charge in [0, 0.05) is 13.0 Å². The van der Waals surface area contributed by atoms with Gasteiger partial charge < -0.3 is 19.4 Å². The number of rotatable bonds is 12. The molecule has 2 aromatic heterocycles. The van der Waals surface area contributed by atoms with Gasteiger partial charge in [-0.05, 0) is 45.6 Å². The highest BCUT2D eigenvalue weighted by Gasteiger charge is 2.27. The van der Waals surface area contributed by atoms with Crippen molar-refractivity contribution in [3.63, 3.8) is 0 Å². The number of aromatic nitrogens is 3. The highest BCUT2D eigenvalue weighted by Crippen LogP contribution is 2.35. The lowest BCUT2D eigenvalue weighted by Gasteiger charge is -2.21. The molecule has 11 heteroatoms. The summed E-state index contributed by atoms with van der Waals surface area (Å²) in [6.07, 6.45) is 8.62. The quantitative estimate of drug-likeness (QED) is 0.289. The molecule has 2 heterocycles. The molecular weight excluding hydrogens is 500 g/mol. The van der Waals surface area contributed by atoms with Crippen LogP contribution >= 0.6 is 23.1 Å². The van der Waals surface area contributed by atoms with E-state index in [-0.39, 0.29) is 40.3 Å². The van der Waals surface area contributed by atoms with Crippen molar-refractivity contribution in [2.24, 2.45) is 5.92 Å². The van der Waals surface area contributed by atoms with Crippen LogP contribution in [0.15, 0.2) is 5.16 Å². The van der Waals surface area contributed by atoms with E-state index in [2.05, 4.69) is 27.0 Å². The number of esters is 2. The van der Waals surface area contributed by atoms with Crippen LogP contribution in [0, 0.1) is 12.8 Å². The van der Waals surface area contributed by atoms with Gasteiger partial charge in [-0.25, -0.2) is 9.59 Å². The zero-order valence-corrected chi connectivity index (χ0v) is 23.2. The molecule has 1 saturated carbocycles. The van der Waals surface area contributed by atoms with Crippen molar-refractivity contribution in [3.8, 4) is 0 Å². The summed E-state index contributed by atoms with van der Waals surface area (Å²) in [6.45, 7) is 8.24. The Hall–Kier alpha value is -2.40. The largest absolute Gasteiger partial charge is 0.462 e. The average molecular weight is 537 g/mol. The predicted molar refractivity (Wildman–Crippen MR) is 141 cm³/mol. The zero-order valence-electron chi connectivity index (χ0n) is 21.6. The maximum Gasteiger partial charge on any atom is 0.348 e. The van der Waals surface area contributed by atoms with Crippen LogP contribution in [0.3, 0.4) is 0 Å². The molecule has 3 rings (SSSR count). The fourth-order valence-electron chi connectivity index (χ4n) is 4.47. The molecule has 0 spiro atoms. The Morgan fingerprint density at radius 2 is 1.75 bits per heavy atom. The smallest absolute Gasteiger partial charge is 0.348 e. The summed E-state index contributed by atoms with van der Waals surface area (Å²) in [6, 6.07) is 0. The first-order chi connectivity index (χ1) is 17.4. The van der Waals surface area contributed by atoms with Crippen LogP contribution in [0.2, 0.25) is 0 Å². The minimum atomic E-state index is -0.585. The van der Waals surface area contributed by atoms with Crippen LogP contribution < -0.4 is 5.32 Å². The lowest BCUT2D eigenvalue weighted by atomic mass is 9.86. The van der Waals surface area contributed by atoms with Crippen molar-refractivity contribution < 1.29 is 23.9 Å². The van der Waals surface area contributed by atoms with Crippen LogP contribution in [-0.2, 0) is 27.2 Å². The van der Waals surface area contributed by atoms with Gasteiger partial charge in [-0.1, -0.05) is 43.9 Å². The first kappa shape index (κ1) is 28.2. The molecule has 198 valence electrons. The second kappa shape index (κ2) is 13.8. The molecule has 1 aliphatic rings. The van der Waals surface area contributed by atoms with E-state index in [0.29, 0.717) is 10.7 Å². The van der Waals surface area contributed by atoms with E-state index in [1.165, 1.54) is 43.9 Å². The van der Waals surface area contributed by atoms with Crippen LogP contribution in [-0.4, -0.2) is 51.6 Å². The lowest BCUT2D eigenvalue weighted by Crippen LogP contribution is -2.17. The number of thioether (sulfide) groups is 1. The molecule has 1 amide bonds. The molecule has 0 atom stereocenters. The maximum atomic E-state index is 12.8. The van der Waals surface area contributed by atoms with Crippen molar-refractivity contribution >= 4 is 45.9 Å². The number of carbonyl (C=O) groups excluding carboxylic acids is 3. The number of hydrogen-bond acceptors (Lipinski definition) is 9. The number of nitrogens with zero attached hydrogens (tertiary/aromatic N) is 3. The second-order valence-electron chi connectivity index (χ2n) is 8.72. The Bertz CT molecular complexity index is 1060. The van der Waals surface area contributed by atoms with Gasteiger partial charge in [-0.15, -0.1) is 21.5 Å². The van der Waals surface area contributed by atoms with Gasteiger partial charge in [0.05, 0.1) is 24.5 Å². The third kappa shape index (κ3) is 7.09. The molecule has 9 nitrogen and oxygen atoms in total. The van der Waals surface area contributed by atoms with Gasteiger partial charge in [0.1, 0.15) is 15.7 Å². The number of thiophene rings is 1. The van der Waals surface area contributed by atoms with E-state index in [1.54, 1.807) is 20.8 Å². The molecule has 1 N–H and O–H groups in total. The third-order valence-corrected chi connectivity index (χ3v) is 8.44. The van der Waals surface area contributed by atoms with Gasteiger partial charge in [-0.3, -0.25) is 4.79 Å². The Balaban J connectivity index is 1.66. The monoisotopic (exact) mass is 536 g/mol. The average Bonchev–Trinajstić information content (AvgIpc) is 3.42. The van der Waals surface area contributed by atoms with Crippen LogP contribution in [0.25, 0.3) is 0 Å². The SMILES string of the molecule is CCOC(=O)c1sc(NC(=O)CSc2nnc(CCC3CCCCC3)n2CC)c(C(=O)OCC)c1C. The van der Waals surface area contributed by atoms with Crippen molar-refractivity contribution in [3.05, 3.63) is 21.8 Å². The molecule has 0 aliphatic heterocycles. The minimum Gasteiger partial charge on any atom is -0.462 e. The summed E-state index contributed by atoms with van der Waals surface area (Å²) >= 11 is 2.33. The molecule has 0 saturated heterocycles. The first-order valence-corrected chi connectivity index (χ1v) is 14.5. The van der Waals surface area contributed by atoms with Crippen LogP contribution in [0.1, 0.15) is 90.7 Å². The topological polar surface area (TPSA) is 112 Å². The fraction of sp³-hybridized carbons (Fsp3) is 0.640. The Morgan fingerprint density at radius 3 is 2.42 bits per heavy atom. The normalized spacial score (nSPS) is 14.0. The van der Waals surface area contributed by atoms with Gasteiger partial charge in [0.15, 0.2) is 5.16 Å². The van der Waals surface area contributed by atoms with Crippen molar-refractivity contribution in [2.75, 3.05) is 24.3 Å². The molecule has 0 radical (unpaired) electrons. The first-order valence-electron chi connectivity index (χ1n) is 12.7. The van der Waals surface area contributed by atoms with E-state index in [1.807, 2.05) is 0 Å². The molecule has 0 unspecified atom stereocenters. The number of ether oxygens (including phenoxy) is 2. The summed E-state index contributed by atoms with van der Waals surface area (Å²) in [5, 5.41) is 12.5.